The molecule has 1 N–H and O–H groups in total. The van der Waals surface area contributed by atoms with Crippen LogP contribution in [0.2, 0.25) is 25.1 Å². The highest BCUT2D eigenvalue weighted by Gasteiger charge is 2.32. The number of nitrogens with one attached hydrogen (secondary N) is 1. The third-order valence-corrected chi connectivity index (χ3v) is 8.38. The van der Waals surface area contributed by atoms with E-state index in [2.05, 4.69) is 5.32 Å². The van der Waals surface area contributed by atoms with Crippen molar-refractivity contribution in [3.05, 3.63) is 61.0 Å². The molecule has 2 aromatic carbocycles. The van der Waals surface area contributed by atoms with Crippen molar-refractivity contribution in [1.82, 2.24) is 10.2 Å². The lowest BCUT2D eigenvalue weighted by atomic mass is 10.1. The molecule has 2 rings (SSSR count). The van der Waals surface area contributed by atoms with Gasteiger partial charge in [0.15, 0.2) is 0 Å². The number of hydrogen-bond acceptors (Lipinski definition) is 4. The quantitative estimate of drug-likeness (QED) is 0.216. The van der Waals surface area contributed by atoms with E-state index < -0.39 is 28.5 Å². The van der Waals surface area contributed by atoms with Crippen LogP contribution >= 0.6 is 58.0 Å². The molecule has 0 fully saturated rings. The van der Waals surface area contributed by atoms with E-state index >= 15 is 0 Å². The molecule has 37 heavy (non-hydrogen) atoms. The Labute approximate surface area is 243 Å². The average Bonchev–Trinajstić information content (AvgIpc) is 2.81. The molecule has 13 heteroatoms. The zero-order chi connectivity index (χ0) is 27.9. The van der Waals surface area contributed by atoms with Crippen molar-refractivity contribution in [3.8, 4) is 0 Å². The summed E-state index contributed by atoms with van der Waals surface area (Å²) in [5.74, 6) is -0.973. The molecule has 2 amide bonds. The summed E-state index contributed by atoms with van der Waals surface area (Å²) in [6.07, 6.45) is 2.89. The van der Waals surface area contributed by atoms with Gasteiger partial charge >= 0.3 is 0 Å². The topological polar surface area (TPSA) is 86.8 Å². The maximum Gasteiger partial charge on any atom is 0.244 e. The molecule has 1 atom stereocenters. The second kappa shape index (κ2) is 14.1. The number of halogens is 5. The Morgan fingerprint density at radius 2 is 1.54 bits per heavy atom. The summed E-state index contributed by atoms with van der Waals surface area (Å²) < 4.78 is 26.3. The van der Waals surface area contributed by atoms with Gasteiger partial charge in [0.25, 0.3) is 0 Å². The molecule has 0 aliphatic rings. The number of unbranched alkanes of at least 4 members (excludes halogenated alkanes) is 1. The number of rotatable bonds is 12. The molecule has 0 radical (unpaired) electrons. The molecule has 0 aliphatic heterocycles. The van der Waals surface area contributed by atoms with Crippen LogP contribution < -0.4 is 9.62 Å². The standard InChI is InChI=1S/C24H28Cl5N3O4S/c1-4-6-9-30-24(34)21(5-2)31(13-15-7-8-16(25)17(26)10-15)23(33)14-32(37(3,35)36)22-12-19(28)18(27)11-20(22)29/h7-8,10-12,21H,4-6,9,13-14H2,1-3H3,(H,30,34)/t21-/m1/s1. The molecule has 7 nitrogen and oxygen atoms in total. The van der Waals surface area contributed by atoms with E-state index in [1.165, 1.54) is 17.0 Å². The first kappa shape index (κ1) is 31.8. The van der Waals surface area contributed by atoms with Crippen molar-refractivity contribution in [3.63, 3.8) is 0 Å². The number of nitrogens with zero attached hydrogens (tertiary/aromatic N) is 2. The minimum absolute atomic E-state index is 0.00647. The van der Waals surface area contributed by atoms with Gasteiger partial charge in [0.2, 0.25) is 21.8 Å². The summed E-state index contributed by atoms with van der Waals surface area (Å²) in [4.78, 5) is 28.1. The zero-order valence-corrected chi connectivity index (χ0v) is 25.1. The van der Waals surface area contributed by atoms with Crippen LogP contribution in [0, 0.1) is 0 Å². The van der Waals surface area contributed by atoms with Gasteiger partial charge in [-0.15, -0.1) is 0 Å². The van der Waals surface area contributed by atoms with Crippen molar-refractivity contribution in [2.75, 3.05) is 23.7 Å². The molecule has 0 saturated heterocycles. The summed E-state index contributed by atoms with van der Waals surface area (Å²) in [5, 5.41) is 3.66. The first-order valence-electron chi connectivity index (χ1n) is 11.4. The number of anilines is 1. The van der Waals surface area contributed by atoms with E-state index in [0.29, 0.717) is 17.1 Å². The fourth-order valence-electron chi connectivity index (χ4n) is 3.56. The van der Waals surface area contributed by atoms with Crippen LogP contribution in [0.15, 0.2) is 30.3 Å². The summed E-state index contributed by atoms with van der Waals surface area (Å²) in [6, 6.07) is 6.56. The van der Waals surface area contributed by atoms with Gasteiger partial charge in [-0.25, -0.2) is 8.42 Å². The smallest absolute Gasteiger partial charge is 0.244 e. The molecule has 2 aromatic rings. The van der Waals surface area contributed by atoms with Gasteiger partial charge in [-0.1, -0.05) is 84.3 Å². The summed E-state index contributed by atoms with van der Waals surface area (Å²) in [6.45, 7) is 3.58. The van der Waals surface area contributed by atoms with E-state index in [1.807, 2.05) is 6.92 Å². The SMILES string of the molecule is CCCCNC(=O)[C@@H](CC)N(Cc1ccc(Cl)c(Cl)c1)C(=O)CN(c1cc(Cl)c(Cl)cc1Cl)S(C)(=O)=O. The highest BCUT2D eigenvalue weighted by molar-refractivity contribution is 7.92. The minimum atomic E-state index is -3.99. The van der Waals surface area contributed by atoms with Crippen LogP contribution in [0.1, 0.15) is 38.7 Å². The number of sulfonamides is 1. The predicted molar refractivity (Wildman–Crippen MR) is 153 cm³/mol. The second-order valence-electron chi connectivity index (χ2n) is 8.33. The van der Waals surface area contributed by atoms with E-state index in [0.717, 1.165) is 23.4 Å². The van der Waals surface area contributed by atoms with Crippen molar-refractivity contribution in [2.45, 2.75) is 45.7 Å². The first-order chi connectivity index (χ1) is 17.3. The monoisotopic (exact) mass is 629 g/mol. The lowest BCUT2D eigenvalue weighted by molar-refractivity contribution is -0.140. The average molecular weight is 632 g/mol. The van der Waals surface area contributed by atoms with Crippen LogP contribution in [-0.2, 0) is 26.2 Å². The van der Waals surface area contributed by atoms with Crippen molar-refractivity contribution in [2.24, 2.45) is 0 Å². The van der Waals surface area contributed by atoms with Crippen LogP contribution in [0.25, 0.3) is 0 Å². The molecule has 0 saturated carbocycles. The molecular weight excluding hydrogens is 604 g/mol. The van der Waals surface area contributed by atoms with Gasteiger partial charge in [-0.05, 0) is 42.7 Å². The van der Waals surface area contributed by atoms with Gasteiger partial charge in [-0.2, -0.15) is 0 Å². The molecular formula is C24H28Cl5N3O4S. The van der Waals surface area contributed by atoms with E-state index in [4.69, 9.17) is 58.0 Å². The molecule has 0 bridgehead atoms. The molecule has 204 valence electrons. The Kier molecular flexibility index (Phi) is 12.1. The highest BCUT2D eigenvalue weighted by atomic mass is 35.5. The van der Waals surface area contributed by atoms with Gasteiger partial charge < -0.3 is 10.2 Å². The van der Waals surface area contributed by atoms with Crippen molar-refractivity contribution >= 4 is 85.5 Å². The van der Waals surface area contributed by atoms with Crippen LogP contribution in [0.4, 0.5) is 5.69 Å². The summed E-state index contributed by atoms with van der Waals surface area (Å²) in [7, 11) is -3.99. The number of carbonyl (C=O) groups excluding carboxylic acids is 2. The fraction of sp³-hybridized carbons (Fsp3) is 0.417. The van der Waals surface area contributed by atoms with Crippen LogP contribution in [0.3, 0.4) is 0 Å². The Morgan fingerprint density at radius 1 is 0.919 bits per heavy atom. The van der Waals surface area contributed by atoms with Crippen LogP contribution in [0.5, 0.6) is 0 Å². The van der Waals surface area contributed by atoms with Gasteiger partial charge in [0, 0.05) is 13.1 Å². The number of carbonyl (C=O) groups is 2. The minimum Gasteiger partial charge on any atom is -0.354 e. The third-order valence-electron chi connectivity index (χ3n) is 5.49. The Morgan fingerprint density at radius 3 is 2.11 bits per heavy atom. The number of hydrogen-bond donors (Lipinski definition) is 1. The maximum absolute atomic E-state index is 13.7. The van der Waals surface area contributed by atoms with E-state index in [1.54, 1.807) is 25.1 Å². The Balaban J connectivity index is 2.49. The van der Waals surface area contributed by atoms with Gasteiger partial charge in [-0.3, -0.25) is 13.9 Å². The normalized spacial score (nSPS) is 12.2. The van der Waals surface area contributed by atoms with Crippen molar-refractivity contribution in [1.29, 1.82) is 0 Å². The van der Waals surface area contributed by atoms with Crippen molar-refractivity contribution < 1.29 is 18.0 Å². The van der Waals surface area contributed by atoms with Crippen LogP contribution in [-0.4, -0.2) is 50.5 Å². The van der Waals surface area contributed by atoms with Gasteiger partial charge in [0.1, 0.15) is 12.6 Å². The zero-order valence-electron chi connectivity index (χ0n) is 20.5. The first-order valence-corrected chi connectivity index (χ1v) is 15.2. The number of amides is 2. The molecule has 0 aromatic heterocycles. The fourth-order valence-corrected chi connectivity index (χ4v) is 5.43. The Hall–Kier alpha value is -1.42. The Bertz CT molecular complexity index is 1240. The largest absolute Gasteiger partial charge is 0.354 e. The third kappa shape index (κ3) is 8.80. The van der Waals surface area contributed by atoms with Gasteiger partial charge in [0.05, 0.1) is 37.1 Å². The lowest BCUT2D eigenvalue weighted by Crippen LogP contribution is -2.52. The molecule has 0 heterocycles. The molecule has 0 unspecified atom stereocenters. The molecule has 0 spiro atoms. The number of benzene rings is 2. The van der Waals surface area contributed by atoms with E-state index in [-0.39, 0.29) is 44.7 Å². The molecule has 0 aliphatic carbocycles. The summed E-state index contributed by atoms with van der Waals surface area (Å²) in [5.41, 5.74) is 0.600. The highest BCUT2D eigenvalue weighted by Crippen LogP contribution is 2.35. The predicted octanol–water partition coefficient (Wildman–Crippen LogP) is 6.44. The van der Waals surface area contributed by atoms with E-state index in [9.17, 15) is 18.0 Å². The maximum atomic E-state index is 13.7. The second-order valence-corrected chi connectivity index (χ2v) is 12.3. The lowest BCUT2D eigenvalue weighted by Gasteiger charge is -2.33. The summed E-state index contributed by atoms with van der Waals surface area (Å²) >= 11 is 30.6.